The van der Waals surface area contributed by atoms with Crippen molar-refractivity contribution in [2.24, 2.45) is 0 Å². The Bertz CT molecular complexity index is 301. The summed E-state index contributed by atoms with van der Waals surface area (Å²) in [6.07, 6.45) is 0. The van der Waals surface area contributed by atoms with Gasteiger partial charge in [0.25, 0.3) is 11.0 Å². The molecule has 0 saturated carbocycles. The van der Waals surface area contributed by atoms with Crippen LogP contribution in [0.3, 0.4) is 0 Å². The van der Waals surface area contributed by atoms with E-state index in [0.29, 0.717) is 5.02 Å². The van der Waals surface area contributed by atoms with Crippen LogP contribution in [0.25, 0.3) is 0 Å². The summed E-state index contributed by atoms with van der Waals surface area (Å²) in [7, 11) is -2.83. The molecule has 0 N–H and O–H groups in total. The zero-order chi connectivity index (χ0) is 8.27. The fourth-order valence-corrected chi connectivity index (χ4v) is 1.00. The molecule has 1 aromatic carbocycles. The molecule has 62 valence electrons. The Morgan fingerprint density at radius 1 is 1.17 bits per heavy atom. The molecule has 1 aromatic rings. The Labute approximate surface area is 97.3 Å². The molecule has 0 aliphatic carbocycles. The van der Waals surface area contributed by atoms with Gasteiger partial charge >= 0.3 is 0 Å². The predicted molar refractivity (Wildman–Crippen MR) is 42.4 cm³/mol. The summed E-state index contributed by atoms with van der Waals surface area (Å²) in [4.78, 5) is 0. The second kappa shape index (κ2) is 5.77. The van der Waals surface area contributed by atoms with Gasteiger partial charge in [0.1, 0.15) is 5.75 Å². The zero-order valence-corrected chi connectivity index (χ0v) is 13.2. The summed E-state index contributed by atoms with van der Waals surface area (Å²) in [6, 6.07) is 6.06. The fraction of sp³-hybridized carbons (Fsp3) is 0. The Balaban J connectivity index is 0.00000121. The normalized spacial score (nSPS) is 9.17. The maximum atomic E-state index is 10.0. The van der Waals surface area contributed by atoms with E-state index in [1.165, 1.54) is 12.1 Å². The summed E-state index contributed by atoms with van der Waals surface area (Å²) >= 11 is 5.54. The third-order valence-electron chi connectivity index (χ3n) is 0.994. The van der Waals surface area contributed by atoms with Crippen molar-refractivity contribution in [3.8, 4) is 5.75 Å². The number of rotatable bonds is 2. The molecule has 0 amide bonds. The number of hydrogen-bond acceptors (Lipinski definition) is 3. The van der Waals surface area contributed by atoms with Gasteiger partial charge in [-0.1, -0.05) is 11.6 Å². The first-order chi connectivity index (χ1) is 5.18. The maximum Gasteiger partial charge on any atom is 0.299 e. The molecule has 0 aliphatic heterocycles. The standard InChI is InChI=1S/C6H5ClO3S.Hg/c7-5-1-3-6(4-2-5)10-11(8)9;/h1-4,11H;. The van der Waals surface area contributed by atoms with Gasteiger partial charge in [-0.25, -0.2) is 0 Å². The average molecular weight is 393 g/mol. The molecular weight excluding hydrogens is 388 g/mol. The van der Waals surface area contributed by atoms with Gasteiger partial charge in [-0.2, -0.15) is 8.42 Å². The van der Waals surface area contributed by atoms with Crippen molar-refractivity contribution in [1.82, 2.24) is 0 Å². The van der Waals surface area contributed by atoms with Crippen molar-refractivity contribution < 1.29 is 40.3 Å². The van der Waals surface area contributed by atoms with Crippen LogP contribution < -0.4 is 4.18 Å². The molecule has 0 spiro atoms. The Kier molecular flexibility index (Phi) is 5.87. The zero-order valence-electron chi connectivity index (χ0n) is 6.07. The van der Waals surface area contributed by atoms with Crippen molar-refractivity contribution in [3.05, 3.63) is 29.3 Å². The summed E-state index contributed by atoms with van der Waals surface area (Å²) in [5, 5.41) is 0.540. The van der Waals surface area contributed by atoms with E-state index in [1.54, 1.807) is 12.1 Å². The third kappa shape index (κ3) is 4.28. The Hall–Kier alpha value is 0.195. The number of benzene rings is 1. The van der Waals surface area contributed by atoms with Gasteiger partial charge in [0, 0.05) is 32.7 Å². The van der Waals surface area contributed by atoms with Gasteiger partial charge in [-0.05, 0) is 24.3 Å². The molecule has 0 bridgehead atoms. The third-order valence-corrected chi connectivity index (χ3v) is 1.61. The molecule has 12 heavy (non-hydrogen) atoms. The van der Waals surface area contributed by atoms with Crippen LogP contribution in [-0.4, -0.2) is 8.42 Å². The second-order valence-corrected chi connectivity index (χ2v) is 2.84. The van der Waals surface area contributed by atoms with Gasteiger partial charge in [-0.15, -0.1) is 0 Å². The van der Waals surface area contributed by atoms with E-state index >= 15 is 0 Å². The van der Waals surface area contributed by atoms with E-state index in [4.69, 9.17) is 11.6 Å². The minimum atomic E-state index is -2.83. The molecule has 0 radical (unpaired) electrons. The van der Waals surface area contributed by atoms with E-state index in [2.05, 4.69) is 4.18 Å². The summed E-state index contributed by atoms with van der Waals surface area (Å²) in [6.45, 7) is 0. The first-order valence-corrected chi connectivity index (χ1v) is 4.24. The Morgan fingerprint density at radius 3 is 2.08 bits per heavy atom. The molecule has 0 unspecified atom stereocenters. The van der Waals surface area contributed by atoms with Gasteiger partial charge < -0.3 is 4.18 Å². The van der Waals surface area contributed by atoms with Crippen LogP contribution in [0.4, 0.5) is 0 Å². The molecule has 0 saturated heterocycles. The summed E-state index contributed by atoms with van der Waals surface area (Å²) < 4.78 is 24.4. The van der Waals surface area contributed by atoms with Crippen molar-refractivity contribution in [2.45, 2.75) is 0 Å². The predicted octanol–water partition coefficient (Wildman–Crippen LogP) is 1.24. The van der Waals surface area contributed by atoms with Crippen LogP contribution in [0.1, 0.15) is 0 Å². The van der Waals surface area contributed by atoms with Crippen molar-refractivity contribution in [2.75, 3.05) is 0 Å². The van der Waals surface area contributed by atoms with Gasteiger partial charge in [0.05, 0.1) is 0 Å². The molecule has 3 nitrogen and oxygen atoms in total. The van der Waals surface area contributed by atoms with Crippen LogP contribution in [0.5, 0.6) is 5.75 Å². The number of thiol groups is 1. The van der Waals surface area contributed by atoms with Crippen LogP contribution in [-0.2, 0) is 38.7 Å². The molecule has 6 heteroatoms. The van der Waals surface area contributed by atoms with E-state index in [9.17, 15) is 8.42 Å². The topological polar surface area (TPSA) is 43.4 Å². The van der Waals surface area contributed by atoms with Crippen LogP contribution in [0.2, 0.25) is 5.02 Å². The quantitative estimate of drug-likeness (QED) is 0.608. The minimum Gasteiger partial charge on any atom is -0.384 e. The van der Waals surface area contributed by atoms with Crippen molar-refractivity contribution in [3.63, 3.8) is 0 Å². The average Bonchev–Trinajstić information content (AvgIpc) is 1.93. The SMILES string of the molecule is O=[SH](=O)Oc1ccc(Cl)cc1.[Hg]. The first-order valence-electron chi connectivity index (χ1n) is 2.76. The molecule has 0 atom stereocenters. The molecule has 0 fully saturated rings. The molecular formula is C6H5ClHgO3S. The summed E-state index contributed by atoms with van der Waals surface area (Å²) in [5.41, 5.74) is 0. The number of halogens is 1. The smallest absolute Gasteiger partial charge is 0.299 e. The maximum absolute atomic E-state index is 10.0. The van der Waals surface area contributed by atoms with E-state index in [0.717, 1.165) is 0 Å². The van der Waals surface area contributed by atoms with Crippen molar-refractivity contribution in [1.29, 1.82) is 0 Å². The fourth-order valence-electron chi connectivity index (χ4n) is 0.582. The van der Waals surface area contributed by atoms with Gasteiger partial charge in [-0.3, -0.25) is 0 Å². The van der Waals surface area contributed by atoms with E-state index in [1.807, 2.05) is 0 Å². The van der Waals surface area contributed by atoms with Crippen LogP contribution >= 0.6 is 11.6 Å². The molecule has 0 heterocycles. The van der Waals surface area contributed by atoms with Crippen LogP contribution in [0.15, 0.2) is 24.3 Å². The molecule has 0 aliphatic rings. The largest absolute Gasteiger partial charge is 0.384 e. The second-order valence-electron chi connectivity index (χ2n) is 1.77. The van der Waals surface area contributed by atoms with Gasteiger partial charge in [0.15, 0.2) is 0 Å². The molecule has 0 aromatic heterocycles. The van der Waals surface area contributed by atoms with Crippen LogP contribution in [0, 0.1) is 0 Å². The Morgan fingerprint density at radius 2 is 1.67 bits per heavy atom. The first kappa shape index (κ1) is 12.2. The van der Waals surface area contributed by atoms with E-state index < -0.39 is 11.0 Å². The number of hydrogen-bond donors (Lipinski definition) is 1. The van der Waals surface area contributed by atoms with Gasteiger partial charge in [0.2, 0.25) is 0 Å². The summed E-state index contributed by atoms with van der Waals surface area (Å²) in [5.74, 6) is 0.269. The monoisotopic (exact) mass is 394 g/mol. The van der Waals surface area contributed by atoms with Crippen molar-refractivity contribution >= 4 is 22.6 Å². The molecule has 1 rings (SSSR count). The van der Waals surface area contributed by atoms with E-state index in [-0.39, 0.29) is 33.4 Å². The minimum absolute atomic E-state index is 0.